The van der Waals surface area contributed by atoms with Crippen molar-refractivity contribution in [1.29, 1.82) is 0 Å². The van der Waals surface area contributed by atoms with E-state index in [1.807, 2.05) is 140 Å². The molecular weight excluding hydrogens is 550 g/mol. The van der Waals surface area contributed by atoms with Crippen molar-refractivity contribution in [2.24, 2.45) is 0 Å². The van der Waals surface area contributed by atoms with Crippen molar-refractivity contribution in [2.75, 3.05) is 0 Å². The van der Waals surface area contributed by atoms with Gasteiger partial charge in [0.1, 0.15) is 0 Å². The molecule has 2 nitrogen and oxygen atoms in total. The SMILES string of the molecule is C.CC.CC.CC.CC.[CH2-]c1ccccc1-c1ccccn1.[CH3-].[F][Pd+].[c-]1ccccc1-c1ccccn1. The third-order valence-corrected chi connectivity index (χ3v) is 3.61. The predicted octanol–water partition coefficient (Wildman–Crippen LogP) is 11.1. The van der Waals surface area contributed by atoms with Gasteiger partial charge in [-0.05, 0) is 23.9 Å². The Bertz CT molecular complexity index is 865. The molecule has 0 amide bonds. The maximum Gasteiger partial charge on any atom is 0.0160 e. The van der Waals surface area contributed by atoms with Crippen LogP contribution in [0, 0.1) is 20.4 Å². The molecule has 2 aromatic heterocycles. The number of hydrogen-bond donors (Lipinski definition) is 0. The topological polar surface area (TPSA) is 25.8 Å². The maximum atomic E-state index is 9.35. The van der Waals surface area contributed by atoms with E-state index in [4.69, 9.17) is 0 Å². The van der Waals surface area contributed by atoms with Crippen molar-refractivity contribution in [3.63, 3.8) is 0 Å². The van der Waals surface area contributed by atoms with Gasteiger partial charge in [0.15, 0.2) is 0 Å². The van der Waals surface area contributed by atoms with Crippen LogP contribution >= 0.6 is 0 Å². The summed E-state index contributed by atoms with van der Waals surface area (Å²) in [5, 5.41) is 0. The summed E-state index contributed by atoms with van der Waals surface area (Å²) in [5.41, 5.74) is 5.11. The van der Waals surface area contributed by atoms with Crippen LogP contribution in [0.25, 0.3) is 22.5 Å². The third-order valence-electron chi connectivity index (χ3n) is 3.61. The molecule has 0 bridgehead atoms. The molecule has 2 heterocycles. The Hall–Kier alpha value is -2.80. The summed E-state index contributed by atoms with van der Waals surface area (Å²) >= 11 is 1.25. The van der Waals surface area contributed by atoms with Crippen LogP contribution in [-0.4, -0.2) is 9.97 Å². The molecule has 0 radical (unpaired) electrons. The molecule has 0 saturated carbocycles. The summed E-state index contributed by atoms with van der Waals surface area (Å²) in [4.78, 5) is 8.49. The van der Waals surface area contributed by atoms with Gasteiger partial charge in [-0.3, -0.25) is 4.98 Å². The number of halogens is 1. The molecule has 37 heavy (non-hydrogen) atoms. The van der Waals surface area contributed by atoms with Crippen LogP contribution in [0.15, 0.2) is 97.3 Å². The molecule has 0 aliphatic heterocycles. The van der Waals surface area contributed by atoms with Gasteiger partial charge in [-0.25, -0.2) is 0 Å². The van der Waals surface area contributed by atoms with Gasteiger partial charge in [-0.2, -0.15) is 18.6 Å². The van der Waals surface area contributed by atoms with E-state index >= 15 is 0 Å². The van der Waals surface area contributed by atoms with Crippen LogP contribution in [0.2, 0.25) is 0 Å². The summed E-state index contributed by atoms with van der Waals surface area (Å²) in [6.07, 6.45) is 3.58. The Morgan fingerprint density at radius 1 is 0.622 bits per heavy atom. The minimum atomic E-state index is 0. The molecule has 0 atom stereocenters. The first-order chi connectivity index (χ1) is 17.3. The molecule has 0 N–H and O–H groups in total. The minimum absolute atomic E-state index is 0. The van der Waals surface area contributed by atoms with E-state index in [1.165, 1.54) is 19.7 Å². The Balaban J connectivity index is -0.000000133. The fourth-order valence-electron chi connectivity index (χ4n) is 2.37. The fraction of sp³-hybridized carbons (Fsp3) is 0.273. The van der Waals surface area contributed by atoms with E-state index in [-0.39, 0.29) is 14.9 Å². The number of benzene rings is 2. The zero-order valence-electron chi connectivity index (χ0n) is 23.5. The molecule has 4 rings (SSSR count). The fourth-order valence-corrected chi connectivity index (χ4v) is 2.37. The van der Waals surface area contributed by atoms with Crippen LogP contribution in [0.1, 0.15) is 68.4 Å². The second-order valence-electron chi connectivity index (χ2n) is 5.36. The second kappa shape index (κ2) is 35.4. The van der Waals surface area contributed by atoms with Crippen LogP contribution < -0.4 is 0 Å². The average Bonchev–Trinajstić information content (AvgIpc) is 3.00. The van der Waals surface area contributed by atoms with Gasteiger partial charge >= 0.3 is 22.9 Å². The largest absolute Gasteiger partial charge is 0.305 e. The number of hydrogen-bond acceptors (Lipinski definition) is 2. The van der Waals surface area contributed by atoms with Crippen LogP contribution in [0.5, 0.6) is 0 Å². The molecule has 0 spiro atoms. The number of aromatic nitrogens is 2. The van der Waals surface area contributed by atoms with Crippen molar-refractivity contribution >= 4 is 0 Å². The molecule has 2 aromatic carbocycles. The Kier molecular flexibility index (Phi) is 42.3. The predicted molar refractivity (Wildman–Crippen MR) is 162 cm³/mol. The summed E-state index contributed by atoms with van der Waals surface area (Å²) in [5.74, 6) is 0. The van der Waals surface area contributed by atoms with Crippen LogP contribution in [0.3, 0.4) is 0 Å². The Morgan fingerprint density at radius 3 is 1.46 bits per heavy atom. The van der Waals surface area contributed by atoms with Crippen molar-refractivity contribution < 1.29 is 22.9 Å². The summed E-state index contributed by atoms with van der Waals surface area (Å²) in [7, 11) is 0. The van der Waals surface area contributed by atoms with Crippen LogP contribution in [-0.2, 0) is 19.7 Å². The molecule has 0 aliphatic carbocycles. The number of nitrogens with zero attached hydrogens (tertiary/aromatic N) is 2. The summed E-state index contributed by atoms with van der Waals surface area (Å²) in [6, 6.07) is 30.7. The van der Waals surface area contributed by atoms with Crippen LogP contribution in [0.4, 0.5) is 3.22 Å². The van der Waals surface area contributed by atoms with E-state index in [0.717, 1.165) is 28.1 Å². The molecule has 210 valence electrons. The molecule has 0 unspecified atom stereocenters. The zero-order valence-corrected chi connectivity index (χ0v) is 25.1. The van der Waals surface area contributed by atoms with Gasteiger partial charge in [-0.15, -0.1) is 53.6 Å². The monoisotopic (exact) mass is 598 g/mol. The normalized spacial score (nSPS) is 7.43. The standard InChI is InChI=1S/C12H10N.C11H8N.4C2H6.CH4.CH3.FH.Pd/c1-10-6-2-3-7-11(10)12-8-4-5-9-13-12;1-2-6-10(7-3-1)11-8-4-5-9-12-11;4*1-2;;;;/h2-9H,1H2;1-6,8-9H;4*1-2H3;1H4;1H3;1H;/q2*-1;;;;;;-1;;+2/p-1. The van der Waals surface area contributed by atoms with Gasteiger partial charge in [0.2, 0.25) is 0 Å². The Labute approximate surface area is 240 Å². The average molecular weight is 599 g/mol. The smallest absolute Gasteiger partial charge is 0.0160 e. The van der Waals surface area contributed by atoms with Gasteiger partial charge in [-0.1, -0.05) is 87.1 Å². The quantitative estimate of drug-likeness (QED) is 0.169. The molecule has 0 fully saturated rings. The van der Waals surface area contributed by atoms with Gasteiger partial charge in [0.05, 0.1) is 0 Å². The van der Waals surface area contributed by atoms with Gasteiger partial charge in [0, 0.05) is 18.1 Å². The van der Waals surface area contributed by atoms with E-state index < -0.39 is 0 Å². The Morgan fingerprint density at radius 2 is 1.05 bits per heavy atom. The third kappa shape index (κ3) is 20.0. The minimum Gasteiger partial charge on any atom is -0.305 e. The first kappa shape index (κ1) is 44.2. The first-order valence-corrected chi connectivity index (χ1v) is 12.8. The van der Waals surface area contributed by atoms with Crippen molar-refractivity contribution in [1.82, 2.24) is 9.97 Å². The number of rotatable bonds is 2. The van der Waals surface area contributed by atoms with E-state index in [1.54, 1.807) is 12.4 Å². The summed E-state index contributed by atoms with van der Waals surface area (Å²) in [6.45, 7) is 20.0. The molecule has 0 aliphatic rings. The van der Waals surface area contributed by atoms with E-state index in [0.29, 0.717) is 0 Å². The molecule has 0 saturated heterocycles. The van der Waals surface area contributed by atoms with Gasteiger partial charge < -0.3 is 12.4 Å². The van der Waals surface area contributed by atoms with E-state index in [2.05, 4.69) is 23.0 Å². The maximum absolute atomic E-state index is 9.35. The number of pyridine rings is 2. The van der Waals surface area contributed by atoms with Crippen molar-refractivity contribution in [3.05, 3.63) is 123 Å². The molecule has 4 aromatic rings. The van der Waals surface area contributed by atoms with Crippen molar-refractivity contribution in [3.8, 4) is 22.5 Å². The summed E-state index contributed by atoms with van der Waals surface area (Å²) < 4.78 is 9.35. The molecular formula is C33H49FN2Pd-2. The van der Waals surface area contributed by atoms with E-state index in [9.17, 15) is 3.22 Å². The second-order valence-corrected chi connectivity index (χ2v) is 5.36. The zero-order chi connectivity index (χ0) is 27.3. The molecule has 4 heteroatoms. The van der Waals surface area contributed by atoms with Gasteiger partial charge in [0.25, 0.3) is 0 Å². The first-order valence-electron chi connectivity index (χ1n) is 12.2. The van der Waals surface area contributed by atoms with Crippen molar-refractivity contribution in [2.45, 2.75) is 62.8 Å².